The van der Waals surface area contributed by atoms with Gasteiger partial charge in [0.05, 0.1) is 6.61 Å². The summed E-state index contributed by atoms with van der Waals surface area (Å²) >= 11 is 0. The van der Waals surface area contributed by atoms with E-state index in [1.165, 1.54) is 0 Å². The molecule has 4 amide bonds. The summed E-state index contributed by atoms with van der Waals surface area (Å²) in [6.07, 6.45) is -0.237. The maximum Gasteiger partial charge on any atom is 0.328 e. The molecular formula is C11H17N3O6. The summed E-state index contributed by atoms with van der Waals surface area (Å²) in [5.74, 6) is -2.49. The molecule has 1 atom stereocenters. The van der Waals surface area contributed by atoms with Crippen molar-refractivity contribution in [2.24, 2.45) is 0 Å². The largest absolute Gasteiger partial charge is 0.480 e. The van der Waals surface area contributed by atoms with Crippen LogP contribution < -0.4 is 10.6 Å². The van der Waals surface area contributed by atoms with Crippen LogP contribution in [0.5, 0.6) is 0 Å². The van der Waals surface area contributed by atoms with Crippen molar-refractivity contribution in [3.63, 3.8) is 0 Å². The number of carbonyl (C=O) groups is 4. The van der Waals surface area contributed by atoms with Crippen molar-refractivity contribution >= 4 is 23.8 Å². The van der Waals surface area contributed by atoms with Gasteiger partial charge < -0.3 is 20.8 Å². The maximum atomic E-state index is 11.8. The Bertz CT molecular complexity index is 447. The summed E-state index contributed by atoms with van der Waals surface area (Å²) in [6.45, 7) is 2.19. The van der Waals surface area contributed by atoms with Crippen LogP contribution in [0.25, 0.3) is 0 Å². The lowest BCUT2D eigenvalue weighted by Crippen LogP contribution is -2.45. The van der Waals surface area contributed by atoms with Crippen LogP contribution in [0.1, 0.15) is 20.3 Å². The second kappa shape index (κ2) is 5.87. The minimum absolute atomic E-state index is 0.155. The molecule has 0 aromatic heterocycles. The number of amides is 4. The van der Waals surface area contributed by atoms with Crippen molar-refractivity contribution in [1.29, 1.82) is 0 Å². The molecule has 1 saturated heterocycles. The second-order valence-corrected chi connectivity index (χ2v) is 4.90. The van der Waals surface area contributed by atoms with Gasteiger partial charge in [0.1, 0.15) is 11.6 Å². The quantitative estimate of drug-likeness (QED) is 0.428. The fourth-order valence-electron chi connectivity index (χ4n) is 1.69. The van der Waals surface area contributed by atoms with Crippen LogP contribution >= 0.6 is 0 Å². The van der Waals surface area contributed by atoms with Crippen LogP contribution in [0.3, 0.4) is 0 Å². The van der Waals surface area contributed by atoms with E-state index >= 15 is 0 Å². The maximum absolute atomic E-state index is 11.8. The summed E-state index contributed by atoms with van der Waals surface area (Å²) < 4.78 is 0. The number of nitrogens with one attached hydrogen (secondary N) is 2. The highest BCUT2D eigenvalue weighted by molar-refractivity contribution is 6.06. The van der Waals surface area contributed by atoms with Crippen molar-refractivity contribution in [2.75, 3.05) is 13.2 Å². The molecule has 0 aromatic carbocycles. The number of carboxylic acid groups (broad SMARTS) is 1. The van der Waals surface area contributed by atoms with E-state index in [-0.39, 0.29) is 13.0 Å². The van der Waals surface area contributed by atoms with Gasteiger partial charge in [0, 0.05) is 13.0 Å². The molecule has 0 spiro atoms. The standard InChI is InChI=1S/C11H17N3O6/c1-11(2)9(19)14(10(20)13-11)4-3-7(16)12-6(5-15)8(17)18/h6,15H,3-5H2,1-2H3,(H,12,16)(H,13,20)(H,17,18)/t6-/m0/s1. The summed E-state index contributed by atoms with van der Waals surface area (Å²) in [7, 11) is 0. The fraction of sp³-hybridized carbons (Fsp3) is 0.636. The van der Waals surface area contributed by atoms with E-state index in [9.17, 15) is 19.2 Å². The Balaban J connectivity index is 2.52. The third kappa shape index (κ3) is 3.44. The number of aliphatic hydroxyl groups is 1. The molecule has 0 unspecified atom stereocenters. The first-order valence-electron chi connectivity index (χ1n) is 5.96. The number of aliphatic carboxylic acids is 1. The highest BCUT2D eigenvalue weighted by Crippen LogP contribution is 2.16. The number of nitrogens with zero attached hydrogens (tertiary/aromatic N) is 1. The Morgan fingerprint density at radius 3 is 2.40 bits per heavy atom. The number of hydrogen-bond acceptors (Lipinski definition) is 5. The first-order valence-corrected chi connectivity index (χ1v) is 5.96. The molecule has 1 fully saturated rings. The molecule has 9 heteroatoms. The SMILES string of the molecule is CC1(C)NC(=O)N(CCC(=O)N[C@@H](CO)C(=O)O)C1=O. The van der Waals surface area contributed by atoms with Gasteiger partial charge in [0.25, 0.3) is 5.91 Å². The topological polar surface area (TPSA) is 136 Å². The van der Waals surface area contributed by atoms with Gasteiger partial charge in [-0.3, -0.25) is 14.5 Å². The molecule has 0 saturated carbocycles. The van der Waals surface area contributed by atoms with E-state index in [4.69, 9.17) is 10.2 Å². The lowest BCUT2D eigenvalue weighted by atomic mass is 10.1. The predicted molar refractivity (Wildman–Crippen MR) is 65.6 cm³/mol. The van der Waals surface area contributed by atoms with E-state index in [1.54, 1.807) is 13.8 Å². The number of rotatable bonds is 6. The number of urea groups is 1. The summed E-state index contributed by atoms with van der Waals surface area (Å²) in [4.78, 5) is 46.3. The van der Waals surface area contributed by atoms with E-state index in [0.717, 1.165) is 4.90 Å². The molecule has 0 aromatic rings. The Hall–Kier alpha value is -2.16. The average molecular weight is 287 g/mol. The number of hydrogen-bond donors (Lipinski definition) is 4. The Morgan fingerprint density at radius 2 is 2.00 bits per heavy atom. The smallest absolute Gasteiger partial charge is 0.328 e. The summed E-state index contributed by atoms with van der Waals surface area (Å²) in [5.41, 5.74) is -1.01. The van der Waals surface area contributed by atoms with Crippen LogP contribution in [-0.4, -0.2) is 63.7 Å². The van der Waals surface area contributed by atoms with Gasteiger partial charge in [-0.25, -0.2) is 9.59 Å². The fourth-order valence-corrected chi connectivity index (χ4v) is 1.69. The Morgan fingerprint density at radius 1 is 1.40 bits per heavy atom. The van der Waals surface area contributed by atoms with Crippen molar-refractivity contribution in [2.45, 2.75) is 31.8 Å². The minimum atomic E-state index is -1.40. The number of carboxylic acids is 1. The number of carbonyl (C=O) groups excluding carboxylic acids is 3. The van der Waals surface area contributed by atoms with Crippen LogP contribution in [0.15, 0.2) is 0 Å². The van der Waals surface area contributed by atoms with Crippen LogP contribution in [0, 0.1) is 0 Å². The van der Waals surface area contributed by atoms with E-state index in [0.29, 0.717) is 0 Å². The lowest BCUT2D eigenvalue weighted by Gasteiger charge is -2.16. The first kappa shape index (κ1) is 15.9. The van der Waals surface area contributed by atoms with Gasteiger partial charge in [0.2, 0.25) is 5.91 Å². The van der Waals surface area contributed by atoms with Gasteiger partial charge in [-0.15, -0.1) is 0 Å². The summed E-state index contributed by atoms with van der Waals surface area (Å²) in [6, 6.07) is -1.99. The van der Waals surface area contributed by atoms with Crippen LogP contribution in [0.4, 0.5) is 4.79 Å². The molecule has 9 nitrogen and oxygen atoms in total. The third-order valence-electron chi connectivity index (χ3n) is 2.82. The van der Waals surface area contributed by atoms with Crippen LogP contribution in [-0.2, 0) is 14.4 Å². The predicted octanol–water partition coefficient (Wildman–Crippen LogP) is -1.73. The van der Waals surface area contributed by atoms with Gasteiger partial charge >= 0.3 is 12.0 Å². The number of imide groups is 1. The van der Waals surface area contributed by atoms with E-state index < -0.39 is 42.0 Å². The van der Waals surface area contributed by atoms with Gasteiger partial charge in [-0.05, 0) is 13.8 Å². The second-order valence-electron chi connectivity index (χ2n) is 4.90. The molecular weight excluding hydrogens is 270 g/mol. The molecule has 20 heavy (non-hydrogen) atoms. The normalized spacial score (nSPS) is 18.6. The molecule has 1 rings (SSSR count). The van der Waals surface area contributed by atoms with Crippen molar-refractivity contribution in [3.05, 3.63) is 0 Å². The molecule has 1 heterocycles. The molecule has 1 aliphatic rings. The van der Waals surface area contributed by atoms with Crippen molar-refractivity contribution < 1.29 is 29.4 Å². The molecule has 0 radical (unpaired) electrons. The summed E-state index contributed by atoms with van der Waals surface area (Å²) in [5, 5.41) is 21.9. The molecule has 112 valence electrons. The lowest BCUT2D eigenvalue weighted by molar-refractivity contribution is -0.143. The minimum Gasteiger partial charge on any atom is -0.480 e. The molecule has 0 bridgehead atoms. The zero-order chi connectivity index (χ0) is 15.5. The molecule has 0 aliphatic carbocycles. The van der Waals surface area contributed by atoms with Gasteiger partial charge in [0.15, 0.2) is 0 Å². The Kier molecular flexibility index (Phi) is 4.66. The van der Waals surface area contributed by atoms with Crippen molar-refractivity contribution in [3.8, 4) is 0 Å². The molecule has 1 aliphatic heterocycles. The van der Waals surface area contributed by atoms with Crippen molar-refractivity contribution in [1.82, 2.24) is 15.5 Å². The zero-order valence-electron chi connectivity index (χ0n) is 11.2. The Labute approximate surface area is 114 Å². The first-order chi connectivity index (χ1) is 9.19. The number of aliphatic hydroxyl groups excluding tert-OH is 1. The van der Waals surface area contributed by atoms with E-state index in [1.807, 2.05) is 0 Å². The zero-order valence-corrected chi connectivity index (χ0v) is 11.2. The monoisotopic (exact) mass is 287 g/mol. The highest BCUT2D eigenvalue weighted by Gasteiger charge is 2.44. The third-order valence-corrected chi connectivity index (χ3v) is 2.82. The highest BCUT2D eigenvalue weighted by atomic mass is 16.4. The molecule has 4 N–H and O–H groups in total. The average Bonchev–Trinajstić information content (AvgIpc) is 2.53. The van der Waals surface area contributed by atoms with Gasteiger partial charge in [-0.2, -0.15) is 0 Å². The van der Waals surface area contributed by atoms with E-state index in [2.05, 4.69) is 10.6 Å². The van der Waals surface area contributed by atoms with Gasteiger partial charge in [-0.1, -0.05) is 0 Å². The van der Waals surface area contributed by atoms with Crippen LogP contribution in [0.2, 0.25) is 0 Å².